The third-order valence-corrected chi connectivity index (χ3v) is 1.97. The lowest BCUT2D eigenvalue weighted by Crippen LogP contribution is -2.09. The van der Waals surface area contributed by atoms with E-state index in [1.54, 1.807) is 12.1 Å². The molecule has 1 rings (SSSR count). The van der Waals surface area contributed by atoms with Crippen LogP contribution >= 0.6 is 0 Å². The van der Waals surface area contributed by atoms with Gasteiger partial charge in [0.25, 0.3) is 0 Å². The Hall–Kier alpha value is -1.71. The van der Waals surface area contributed by atoms with Crippen molar-refractivity contribution in [3.05, 3.63) is 23.8 Å². The second kappa shape index (κ2) is 5.39. The van der Waals surface area contributed by atoms with Crippen LogP contribution in [0.5, 0.6) is 11.5 Å². The summed E-state index contributed by atoms with van der Waals surface area (Å²) in [6.07, 6.45) is 0. The molecule has 0 saturated carbocycles. The van der Waals surface area contributed by atoms with Crippen molar-refractivity contribution in [2.24, 2.45) is 5.92 Å². The summed E-state index contributed by atoms with van der Waals surface area (Å²) in [5.41, 5.74) is 0.0747. The molecule has 0 fully saturated rings. The number of rotatable bonds is 4. The molecule has 0 aliphatic rings. The van der Waals surface area contributed by atoms with Gasteiger partial charge in [-0.1, -0.05) is 19.9 Å². The molecule has 0 atom stereocenters. The SMILES string of the molecule is COC(=O)c1c(O)cccc1OCC(C)C. The van der Waals surface area contributed by atoms with Crippen LogP contribution in [-0.4, -0.2) is 24.8 Å². The molecule has 4 nitrogen and oxygen atoms in total. The van der Waals surface area contributed by atoms with Crippen LogP contribution in [0.2, 0.25) is 0 Å². The highest BCUT2D eigenvalue weighted by Crippen LogP contribution is 2.28. The zero-order valence-corrected chi connectivity index (χ0v) is 9.69. The molecule has 0 amide bonds. The average molecular weight is 224 g/mol. The summed E-state index contributed by atoms with van der Waals surface area (Å²) in [5.74, 6) is -0.0432. The smallest absolute Gasteiger partial charge is 0.345 e. The summed E-state index contributed by atoms with van der Waals surface area (Å²) in [6, 6.07) is 4.68. The molecular weight excluding hydrogens is 208 g/mol. The van der Waals surface area contributed by atoms with E-state index in [0.29, 0.717) is 18.3 Å². The van der Waals surface area contributed by atoms with Crippen LogP contribution in [0.1, 0.15) is 24.2 Å². The lowest BCUT2D eigenvalue weighted by Gasteiger charge is -2.12. The van der Waals surface area contributed by atoms with Crippen molar-refractivity contribution in [3.63, 3.8) is 0 Å². The highest BCUT2D eigenvalue weighted by molar-refractivity contribution is 5.95. The Kier molecular flexibility index (Phi) is 4.17. The van der Waals surface area contributed by atoms with Gasteiger partial charge in [0, 0.05) is 0 Å². The van der Waals surface area contributed by atoms with Crippen molar-refractivity contribution in [1.82, 2.24) is 0 Å². The number of carbonyl (C=O) groups is 1. The van der Waals surface area contributed by atoms with Crippen LogP contribution in [0.25, 0.3) is 0 Å². The molecule has 0 bridgehead atoms. The molecule has 0 aliphatic heterocycles. The van der Waals surface area contributed by atoms with Crippen LogP contribution in [0.4, 0.5) is 0 Å². The van der Waals surface area contributed by atoms with Gasteiger partial charge in [0.15, 0.2) is 0 Å². The van der Waals surface area contributed by atoms with Crippen molar-refractivity contribution in [2.45, 2.75) is 13.8 Å². The van der Waals surface area contributed by atoms with Crippen molar-refractivity contribution in [1.29, 1.82) is 0 Å². The normalized spacial score (nSPS) is 10.2. The van der Waals surface area contributed by atoms with E-state index in [1.165, 1.54) is 13.2 Å². The summed E-state index contributed by atoms with van der Waals surface area (Å²) in [7, 11) is 1.26. The Bertz CT molecular complexity index is 371. The minimum absolute atomic E-state index is 0.0747. The van der Waals surface area contributed by atoms with E-state index in [0.717, 1.165) is 0 Å². The van der Waals surface area contributed by atoms with Gasteiger partial charge in [0.2, 0.25) is 0 Å². The topological polar surface area (TPSA) is 55.8 Å². The molecule has 1 aromatic carbocycles. The van der Waals surface area contributed by atoms with Gasteiger partial charge in [0.05, 0.1) is 13.7 Å². The Labute approximate surface area is 94.8 Å². The van der Waals surface area contributed by atoms with Gasteiger partial charge in [0.1, 0.15) is 17.1 Å². The maximum atomic E-state index is 11.4. The van der Waals surface area contributed by atoms with Gasteiger partial charge < -0.3 is 14.6 Å². The number of benzene rings is 1. The predicted octanol–water partition coefficient (Wildman–Crippen LogP) is 2.21. The number of aromatic hydroxyl groups is 1. The van der Waals surface area contributed by atoms with Gasteiger partial charge in [-0.3, -0.25) is 0 Å². The Morgan fingerprint density at radius 3 is 2.69 bits per heavy atom. The summed E-state index contributed by atoms with van der Waals surface area (Å²) in [6.45, 7) is 4.48. The van der Waals surface area contributed by atoms with E-state index in [2.05, 4.69) is 4.74 Å². The highest BCUT2D eigenvalue weighted by Gasteiger charge is 2.18. The lowest BCUT2D eigenvalue weighted by atomic mass is 10.1. The summed E-state index contributed by atoms with van der Waals surface area (Å²) in [5, 5.41) is 9.58. The molecule has 0 heterocycles. The van der Waals surface area contributed by atoms with E-state index in [1.807, 2.05) is 13.8 Å². The Balaban J connectivity index is 2.98. The second-order valence-corrected chi connectivity index (χ2v) is 3.85. The third kappa shape index (κ3) is 2.89. The molecule has 16 heavy (non-hydrogen) atoms. The maximum absolute atomic E-state index is 11.4. The van der Waals surface area contributed by atoms with Gasteiger partial charge in [-0.25, -0.2) is 4.79 Å². The third-order valence-electron chi connectivity index (χ3n) is 1.97. The molecule has 1 aromatic rings. The number of phenolic OH excluding ortho intramolecular Hbond substituents is 1. The van der Waals surface area contributed by atoms with Crippen molar-refractivity contribution >= 4 is 5.97 Å². The van der Waals surface area contributed by atoms with E-state index in [-0.39, 0.29) is 11.3 Å². The quantitative estimate of drug-likeness (QED) is 0.797. The minimum atomic E-state index is -0.600. The van der Waals surface area contributed by atoms with Crippen LogP contribution in [-0.2, 0) is 4.74 Å². The Morgan fingerprint density at radius 2 is 2.12 bits per heavy atom. The first-order valence-electron chi connectivity index (χ1n) is 5.09. The Morgan fingerprint density at radius 1 is 1.44 bits per heavy atom. The fourth-order valence-electron chi connectivity index (χ4n) is 1.20. The molecule has 1 N–H and O–H groups in total. The van der Waals surface area contributed by atoms with Crippen LogP contribution < -0.4 is 4.74 Å². The number of esters is 1. The fraction of sp³-hybridized carbons (Fsp3) is 0.417. The van der Waals surface area contributed by atoms with Crippen molar-refractivity contribution < 1.29 is 19.4 Å². The number of carbonyl (C=O) groups excluding carboxylic acids is 1. The highest BCUT2D eigenvalue weighted by atomic mass is 16.5. The minimum Gasteiger partial charge on any atom is -0.507 e. The maximum Gasteiger partial charge on any atom is 0.345 e. The average Bonchev–Trinajstić information content (AvgIpc) is 2.25. The number of hydrogen-bond donors (Lipinski definition) is 1. The number of methoxy groups -OCH3 is 1. The molecule has 0 saturated heterocycles. The zero-order valence-electron chi connectivity index (χ0n) is 9.69. The van der Waals surface area contributed by atoms with Gasteiger partial charge in [-0.2, -0.15) is 0 Å². The molecule has 0 spiro atoms. The van der Waals surface area contributed by atoms with Crippen LogP contribution in [0, 0.1) is 5.92 Å². The van der Waals surface area contributed by atoms with Gasteiger partial charge >= 0.3 is 5.97 Å². The van der Waals surface area contributed by atoms with Crippen LogP contribution in [0.3, 0.4) is 0 Å². The largest absolute Gasteiger partial charge is 0.507 e. The first-order chi connectivity index (χ1) is 7.56. The second-order valence-electron chi connectivity index (χ2n) is 3.85. The van der Waals surface area contributed by atoms with Gasteiger partial charge in [-0.05, 0) is 18.1 Å². The molecule has 4 heteroatoms. The summed E-state index contributed by atoms with van der Waals surface area (Å²) < 4.78 is 10.0. The summed E-state index contributed by atoms with van der Waals surface area (Å²) >= 11 is 0. The van der Waals surface area contributed by atoms with E-state index in [9.17, 15) is 9.90 Å². The number of ether oxygens (including phenoxy) is 2. The monoisotopic (exact) mass is 224 g/mol. The molecule has 0 radical (unpaired) electrons. The summed E-state index contributed by atoms with van der Waals surface area (Å²) in [4.78, 5) is 11.4. The molecule has 0 aromatic heterocycles. The zero-order chi connectivity index (χ0) is 12.1. The first-order valence-corrected chi connectivity index (χ1v) is 5.09. The number of phenols is 1. The van der Waals surface area contributed by atoms with Crippen LogP contribution in [0.15, 0.2) is 18.2 Å². The predicted molar refractivity (Wildman–Crippen MR) is 59.8 cm³/mol. The molecule has 88 valence electrons. The molecule has 0 aliphatic carbocycles. The lowest BCUT2D eigenvalue weighted by molar-refractivity contribution is 0.0591. The molecular formula is C12H16O4. The fourth-order valence-corrected chi connectivity index (χ4v) is 1.20. The standard InChI is InChI=1S/C12H16O4/c1-8(2)7-16-10-6-4-5-9(13)11(10)12(14)15-3/h4-6,8,13H,7H2,1-3H3. The van der Waals surface area contributed by atoms with E-state index in [4.69, 9.17) is 4.74 Å². The molecule has 0 unspecified atom stereocenters. The first kappa shape index (κ1) is 12.4. The number of hydrogen-bond acceptors (Lipinski definition) is 4. The van der Waals surface area contributed by atoms with Gasteiger partial charge in [-0.15, -0.1) is 0 Å². The van der Waals surface area contributed by atoms with Crippen molar-refractivity contribution in [3.8, 4) is 11.5 Å². The van der Waals surface area contributed by atoms with E-state index >= 15 is 0 Å². The van der Waals surface area contributed by atoms with Crippen molar-refractivity contribution in [2.75, 3.05) is 13.7 Å². The van der Waals surface area contributed by atoms with E-state index < -0.39 is 5.97 Å².